The molecule has 6 nitrogen and oxygen atoms in total. The van der Waals surface area contributed by atoms with Crippen LogP contribution in [0, 0.1) is 13.8 Å². The third-order valence-corrected chi connectivity index (χ3v) is 5.54. The van der Waals surface area contributed by atoms with Crippen LogP contribution in [-0.2, 0) is 21.4 Å². The number of nitrogens with zero attached hydrogens (tertiary/aromatic N) is 1. The third-order valence-electron chi connectivity index (χ3n) is 4.29. The van der Waals surface area contributed by atoms with Gasteiger partial charge in [-0.05, 0) is 42.7 Å². The maximum Gasteiger partial charge on any atom is 0.225 e. The first kappa shape index (κ1) is 20.9. The molecule has 1 N–H and O–H groups in total. The number of amides is 1. The highest BCUT2D eigenvalue weighted by atomic mass is 32.2. The number of carbonyl (C=O) groups excluding carboxylic acids is 1. The largest absolute Gasteiger partial charge is 0.495 e. The standard InChI is InChI=1S/C20H26N2O4S/c1-15-9-10-19(26-3)18(13-15)21-20(23)11-12-22(27(4,24)25)14-17-8-6-5-7-16(17)2/h5-10,13H,11-12,14H2,1-4H3,(H,21,23). The number of rotatable bonds is 8. The van der Waals surface area contributed by atoms with Crippen LogP contribution in [0.25, 0.3) is 0 Å². The molecule has 0 unspecified atom stereocenters. The Morgan fingerprint density at radius 2 is 1.85 bits per heavy atom. The van der Waals surface area contributed by atoms with Gasteiger partial charge in [-0.2, -0.15) is 4.31 Å². The average molecular weight is 391 g/mol. The number of ether oxygens (including phenoxy) is 1. The summed E-state index contributed by atoms with van der Waals surface area (Å²) < 4.78 is 30.8. The Labute approximate surface area is 161 Å². The molecule has 0 saturated heterocycles. The van der Waals surface area contributed by atoms with E-state index in [9.17, 15) is 13.2 Å². The molecular weight excluding hydrogens is 364 g/mol. The molecular formula is C20H26N2O4S. The molecule has 0 spiro atoms. The van der Waals surface area contributed by atoms with Gasteiger partial charge in [-0.15, -0.1) is 0 Å². The Balaban J connectivity index is 2.06. The average Bonchev–Trinajstić information content (AvgIpc) is 2.59. The van der Waals surface area contributed by atoms with E-state index >= 15 is 0 Å². The van der Waals surface area contributed by atoms with Crippen molar-refractivity contribution in [2.24, 2.45) is 0 Å². The molecule has 7 heteroatoms. The minimum atomic E-state index is -3.44. The van der Waals surface area contributed by atoms with Crippen molar-refractivity contribution in [1.29, 1.82) is 0 Å². The summed E-state index contributed by atoms with van der Waals surface area (Å²) in [6.07, 6.45) is 1.21. The van der Waals surface area contributed by atoms with E-state index in [-0.39, 0.29) is 25.4 Å². The van der Waals surface area contributed by atoms with E-state index in [1.165, 1.54) is 11.4 Å². The second-order valence-electron chi connectivity index (χ2n) is 6.52. The van der Waals surface area contributed by atoms with Gasteiger partial charge in [0, 0.05) is 19.5 Å². The van der Waals surface area contributed by atoms with Gasteiger partial charge >= 0.3 is 0 Å². The predicted octanol–water partition coefficient (Wildman–Crippen LogP) is 3.10. The summed E-state index contributed by atoms with van der Waals surface area (Å²) in [7, 11) is -1.90. The fourth-order valence-electron chi connectivity index (χ4n) is 2.70. The number of methoxy groups -OCH3 is 1. The van der Waals surface area contributed by atoms with E-state index in [2.05, 4.69) is 5.32 Å². The molecule has 2 rings (SSSR count). The Hall–Kier alpha value is -2.38. The van der Waals surface area contributed by atoms with Gasteiger partial charge in [-0.1, -0.05) is 30.3 Å². The normalized spacial score (nSPS) is 11.4. The van der Waals surface area contributed by atoms with Crippen molar-refractivity contribution in [3.05, 3.63) is 59.2 Å². The molecule has 0 heterocycles. The highest BCUT2D eigenvalue weighted by molar-refractivity contribution is 7.88. The number of hydrogen-bond donors (Lipinski definition) is 1. The molecule has 2 aromatic rings. The van der Waals surface area contributed by atoms with Crippen LogP contribution >= 0.6 is 0 Å². The molecule has 2 aromatic carbocycles. The molecule has 0 aromatic heterocycles. The van der Waals surface area contributed by atoms with Gasteiger partial charge in [0.2, 0.25) is 15.9 Å². The summed E-state index contributed by atoms with van der Waals surface area (Å²) in [6.45, 7) is 4.20. The van der Waals surface area contributed by atoms with Crippen LogP contribution < -0.4 is 10.1 Å². The second kappa shape index (κ2) is 9.01. The zero-order valence-electron chi connectivity index (χ0n) is 16.2. The van der Waals surface area contributed by atoms with E-state index in [0.717, 1.165) is 22.9 Å². The number of sulfonamides is 1. The van der Waals surface area contributed by atoms with Gasteiger partial charge in [0.25, 0.3) is 0 Å². The Morgan fingerprint density at radius 1 is 1.15 bits per heavy atom. The van der Waals surface area contributed by atoms with E-state index < -0.39 is 10.0 Å². The Bertz CT molecular complexity index is 910. The summed E-state index contributed by atoms with van der Waals surface area (Å²) >= 11 is 0. The van der Waals surface area contributed by atoms with Gasteiger partial charge in [0.05, 0.1) is 19.1 Å². The van der Waals surface area contributed by atoms with E-state index in [1.807, 2.05) is 50.2 Å². The van der Waals surface area contributed by atoms with Crippen LogP contribution in [0.3, 0.4) is 0 Å². The Kier molecular flexibility index (Phi) is 6.98. The lowest BCUT2D eigenvalue weighted by Gasteiger charge is -2.21. The summed E-state index contributed by atoms with van der Waals surface area (Å²) in [5, 5.41) is 2.80. The molecule has 0 saturated carbocycles. The van der Waals surface area contributed by atoms with E-state index in [1.54, 1.807) is 6.07 Å². The van der Waals surface area contributed by atoms with Crippen LogP contribution in [0.1, 0.15) is 23.1 Å². The second-order valence-corrected chi connectivity index (χ2v) is 8.51. The third kappa shape index (κ3) is 6.08. The topological polar surface area (TPSA) is 75.7 Å². The van der Waals surface area contributed by atoms with Crippen LogP contribution in [0.15, 0.2) is 42.5 Å². The number of hydrogen-bond acceptors (Lipinski definition) is 4. The lowest BCUT2D eigenvalue weighted by atomic mass is 10.1. The molecule has 27 heavy (non-hydrogen) atoms. The monoisotopic (exact) mass is 390 g/mol. The van der Waals surface area contributed by atoms with Crippen molar-refractivity contribution in [2.75, 3.05) is 25.2 Å². The molecule has 0 aliphatic carbocycles. The molecule has 0 bridgehead atoms. The van der Waals surface area contributed by atoms with Crippen LogP contribution in [0.4, 0.5) is 5.69 Å². The highest BCUT2D eigenvalue weighted by Crippen LogP contribution is 2.25. The van der Waals surface area contributed by atoms with Gasteiger partial charge in [-0.3, -0.25) is 4.79 Å². The van der Waals surface area contributed by atoms with Gasteiger partial charge in [0.1, 0.15) is 5.75 Å². The zero-order chi connectivity index (χ0) is 20.0. The van der Waals surface area contributed by atoms with Crippen LogP contribution in [-0.4, -0.2) is 38.5 Å². The smallest absolute Gasteiger partial charge is 0.225 e. The number of nitrogens with one attached hydrogen (secondary N) is 1. The first-order chi connectivity index (χ1) is 12.7. The van der Waals surface area contributed by atoms with Crippen molar-refractivity contribution >= 4 is 21.6 Å². The minimum absolute atomic E-state index is 0.0516. The van der Waals surface area contributed by atoms with Crippen molar-refractivity contribution in [2.45, 2.75) is 26.8 Å². The van der Waals surface area contributed by atoms with Gasteiger partial charge < -0.3 is 10.1 Å². The SMILES string of the molecule is COc1ccc(C)cc1NC(=O)CCN(Cc1ccccc1C)S(C)(=O)=O. The van der Waals surface area contributed by atoms with Gasteiger partial charge in [0.15, 0.2) is 0 Å². The maximum absolute atomic E-state index is 12.4. The molecule has 1 amide bonds. The fraction of sp³-hybridized carbons (Fsp3) is 0.350. The number of anilines is 1. The van der Waals surface area contributed by atoms with Crippen molar-refractivity contribution in [3.63, 3.8) is 0 Å². The molecule has 0 fully saturated rings. The number of aryl methyl sites for hydroxylation is 2. The lowest BCUT2D eigenvalue weighted by Crippen LogP contribution is -2.32. The lowest BCUT2D eigenvalue weighted by molar-refractivity contribution is -0.116. The molecule has 146 valence electrons. The first-order valence-corrected chi connectivity index (χ1v) is 10.5. The van der Waals surface area contributed by atoms with E-state index in [4.69, 9.17) is 4.74 Å². The Morgan fingerprint density at radius 3 is 2.48 bits per heavy atom. The minimum Gasteiger partial charge on any atom is -0.495 e. The summed E-state index contributed by atoms with van der Waals surface area (Å²) in [6, 6.07) is 13.1. The van der Waals surface area contributed by atoms with Crippen LogP contribution in [0.5, 0.6) is 5.75 Å². The predicted molar refractivity (Wildman–Crippen MR) is 107 cm³/mol. The molecule has 0 atom stereocenters. The maximum atomic E-state index is 12.4. The quantitative estimate of drug-likeness (QED) is 0.751. The van der Waals surface area contributed by atoms with Crippen molar-refractivity contribution in [1.82, 2.24) is 4.31 Å². The molecule has 0 aliphatic rings. The number of carbonyl (C=O) groups is 1. The van der Waals surface area contributed by atoms with Gasteiger partial charge in [-0.25, -0.2) is 8.42 Å². The van der Waals surface area contributed by atoms with Crippen molar-refractivity contribution in [3.8, 4) is 5.75 Å². The zero-order valence-corrected chi connectivity index (χ0v) is 17.0. The number of benzene rings is 2. The van der Waals surface area contributed by atoms with Crippen molar-refractivity contribution < 1.29 is 17.9 Å². The molecule has 0 aliphatic heterocycles. The fourth-order valence-corrected chi connectivity index (χ4v) is 3.49. The summed E-state index contributed by atoms with van der Waals surface area (Å²) in [5.74, 6) is 0.297. The summed E-state index contributed by atoms with van der Waals surface area (Å²) in [4.78, 5) is 12.4. The van der Waals surface area contributed by atoms with E-state index in [0.29, 0.717) is 11.4 Å². The van der Waals surface area contributed by atoms with Crippen LogP contribution in [0.2, 0.25) is 0 Å². The highest BCUT2D eigenvalue weighted by Gasteiger charge is 2.19. The first-order valence-electron chi connectivity index (χ1n) is 8.65. The summed E-state index contributed by atoms with van der Waals surface area (Å²) in [5.41, 5.74) is 3.50. The molecule has 0 radical (unpaired) electrons.